The van der Waals surface area contributed by atoms with Gasteiger partial charge in [-0.2, -0.15) is 13.2 Å². The van der Waals surface area contributed by atoms with Gasteiger partial charge in [-0.3, -0.25) is 0 Å². The second-order valence-corrected chi connectivity index (χ2v) is 8.44. The predicted molar refractivity (Wildman–Crippen MR) is 117 cm³/mol. The van der Waals surface area contributed by atoms with Crippen LogP contribution in [0.3, 0.4) is 0 Å². The van der Waals surface area contributed by atoms with Gasteiger partial charge in [0.1, 0.15) is 5.60 Å². The van der Waals surface area contributed by atoms with Crippen LogP contribution in [0.2, 0.25) is 0 Å². The lowest BCUT2D eigenvalue weighted by Crippen LogP contribution is -2.35. The molecular formula is C26H24F3NO3. The third-order valence-electron chi connectivity index (χ3n) is 6.06. The summed E-state index contributed by atoms with van der Waals surface area (Å²) in [5.74, 6) is 0. The fraction of sp³-hybridized carbons (Fsp3) is 0.269. The summed E-state index contributed by atoms with van der Waals surface area (Å²) in [7, 11) is 0. The number of hydrogen-bond donors (Lipinski definition) is 2. The SMILES string of the molecule is NC(=O)OC1(Cc2ccccc2)CCc2cc(Cc3cc(CO)cc(C(F)(F)F)c3)ccc21. The van der Waals surface area contributed by atoms with E-state index in [4.69, 9.17) is 10.5 Å². The molecule has 0 heterocycles. The Balaban J connectivity index is 1.65. The Bertz CT molecular complexity index is 1160. The highest BCUT2D eigenvalue weighted by atomic mass is 19.4. The van der Waals surface area contributed by atoms with E-state index in [0.29, 0.717) is 24.8 Å². The summed E-state index contributed by atoms with van der Waals surface area (Å²) in [6, 6.07) is 19.0. The number of aliphatic hydroxyl groups excluding tert-OH is 1. The Kier molecular flexibility index (Phi) is 6.17. The molecule has 3 aromatic carbocycles. The number of primary amides is 1. The zero-order valence-corrected chi connectivity index (χ0v) is 17.9. The minimum Gasteiger partial charge on any atom is -0.438 e. The molecule has 1 aliphatic rings. The van der Waals surface area contributed by atoms with Crippen molar-refractivity contribution in [3.05, 3.63) is 106 Å². The van der Waals surface area contributed by atoms with Crippen LogP contribution in [0.25, 0.3) is 0 Å². The summed E-state index contributed by atoms with van der Waals surface area (Å²) in [6.07, 6.45) is -3.33. The minimum absolute atomic E-state index is 0.220. The van der Waals surface area contributed by atoms with E-state index in [1.54, 1.807) is 6.07 Å². The van der Waals surface area contributed by atoms with Crippen LogP contribution in [0, 0.1) is 0 Å². The maximum absolute atomic E-state index is 13.2. The fourth-order valence-electron chi connectivity index (χ4n) is 4.68. The summed E-state index contributed by atoms with van der Waals surface area (Å²) in [5.41, 5.74) is 8.15. The van der Waals surface area contributed by atoms with Crippen LogP contribution in [0.1, 0.15) is 45.4 Å². The van der Waals surface area contributed by atoms with E-state index in [0.717, 1.165) is 34.4 Å². The maximum atomic E-state index is 13.2. The number of halogens is 3. The first-order valence-corrected chi connectivity index (χ1v) is 10.6. The number of carbonyl (C=O) groups excluding carboxylic acids is 1. The van der Waals surface area contributed by atoms with Crippen molar-refractivity contribution in [1.82, 2.24) is 0 Å². The van der Waals surface area contributed by atoms with E-state index < -0.39 is 30.0 Å². The number of benzene rings is 3. The van der Waals surface area contributed by atoms with Gasteiger partial charge in [0.05, 0.1) is 12.2 Å². The van der Waals surface area contributed by atoms with Crippen molar-refractivity contribution in [2.45, 2.75) is 44.1 Å². The van der Waals surface area contributed by atoms with Gasteiger partial charge in [-0.15, -0.1) is 0 Å². The molecule has 0 bridgehead atoms. The van der Waals surface area contributed by atoms with Crippen LogP contribution in [-0.4, -0.2) is 11.2 Å². The molecular weight excluding hydrogens is 431 g/mol. The largest absolute Gasteiger partial charge is 0.438 e. The van der Waals surface area contributed by atoms with Gasteiger partial charge in [0.2, 0.25) is 0 Å². The molecule has 172 valence electrons. The lowest BCUT2D eigenvalue weighted by molar-refractivity contribution is -0.137. The molecule has 0 aliphatic heterocycles. The lowest BCUT2D eigenvalue weighted by atomic mass is 9.87. The van der Waals surface area contributed by atoms with Gasteiger partial charge in [0.15, 0.2) is 0 Å². The van der Waals surface area contributed by atoms with Gasteiger partial charge in [0, 0.05) is 6.42 Å². The molecule has 3 aromatic rings. The molecule has 0 saturated heterocycles. The maximum Gasteiger partial charge on any atom is 0.416 e. The van der Waals surface area contributed by atoms with Crippen molar-refractivity contribution in [1.29, 1.82) is 0 Å². The van der Waals surface area contributed by atoms with Crippen molar-refractivity contribution in [3.8, 4) is 0 Å². The topological polar surface area (TPSA) is 72.6 Å². The number of rotatable bonds is 6. The Labute approximate surface area is 189 Å². The molecule has 33 heavy (non-hydrogen) atoms. The van der Waals surface area contributed by atoms with Crippen LogP contribution in [0.5, 0.6) is 0 Å². The molecule has 4 rings (SSSR count). The van der Waals surface area contributed by atoms with Crippen molar-refractivity contribution < 1.29 is 27.8 Å². The summed E-state index contributed by atoms with van der Waals surface area (Å²) in [4.78, 5) is 11.7. The first-order chi connectivity index (χ1) is 15.7. The molecule has 7 heteroatoms. The third kappa shape index (κ3) is 5.03. The van der Waals surface area contributed by atoms with Gasteiger partial charge in [-0.25, -0.2) is 4.79 Å². The van der Waals surface area contributed by atoms with Crippen molar-refractivity contribution >= 4 is 6.09 Å². The monoisotopic (exact) mass is 455 g/mol. The predicted octanol–water partition coefficient (Wildman–Crippen LogP) is 5.27. The third-order valence-corrected chi connectivity index (χ3v) is 6.06. The van der Waals surface area contributed by atoms with Crippen LogP contribution < -0.4 is 5.73 Å². The Morgan fingerprint density at radius 1 is 0.970 bits per heavy atom. The molecule has 4 nitrogen and oxygen atoms in total. The average Bonchev–Trinajstić information content (AvgIpc) is 3.10. The second kappa shape index (κ2) is 8.90. The molecule has 1 amide bonds. The molecule has 0 radical (unpaired) electrons. The number of ether oxygens (including phenoxy) is 1. The molecule has 3 N–H and O–H groups in total. The molecule has 1 unspecified atom stereocenters. The number of hydrogen-bond acceptors (Lipinski definition) is 3. The van der Waals surface area contributed by atoms with Crippen LogP contribution in [-0.2, 0) is 42.4 Å². The van der Waals surface area contributed by atoms with E-state index in [1.165, 1.54) is 0 Å². The summed E-state index contributed by atoms with van der Waals surface area (Å²) in [5, 5.41) is 9.38. The van der Waals surface area contributed by atoms with E-state index >= 15 is 0 Å². The number of alkyl halides is 3. The van der Waals surface area contributed by atoms with Gasteiger partial charge in [-0.05, 0) is 64.8 Å². The normalized spacial score (nSPS) is 17.6. The first-order valence-electron chi connectivity index (χ1n) is 10.6. The number of aryl methyl sites for hydroxylation is 1. The van der Waals surface area contributed by atoms with Crippen molar-refractivity contribution in [2.24, 2.45) is 5.73 Å². The number of fused-ring (bicyclic) bond motifs is 1. The smallest absolute Gasteiger partial charge is 0.416 e. The zero-order chi connectivity index (χ0) is 23.6. The van der Waals surface area contributed by atoms with Gasteiger partial charge >= 0.3 is 12.3 Å². The first kappa shape index (κ1) is 22.9. The zero-order valence-electron chi connectivity index (χ0n) is 17.9. The van der Waals surface area contributed by atoms with Crippen molar-refractivity contribution in [2.75, 3.05) is 0 Å². The van der Waals surface area contributed by atoms with E-state index in [9.17, 15) is 23.1 Å². The van der Waals surface area contributed by atoms with Crippen LogP contribution >= 0.6 is 0 Å². The Morgan fingerprint density at radius 3 is 2.36 bits per heavy atom. The number of aliphatic hydroxyl groups is 1. The molecule has 0 aromatic heterocycles. The second-order valence-electron chi connectivity index (χ2n) is 8.44. The van der Waals surface area contributed by atoms with Gasteiger partial charge in [0.25, 0.3) is 0 Å². The average molecular weight is 455 g/mol. The highest BCUT2D eigenvalue weighted by molar-refractivity contribution is 5.66. The molecule has 1 aliphatic carbocycles. The van der Waals surface area contributed by atoms with Crippen LogP contribution in [0.4, 0.5) is 18.0 Å². The number of amides is 1. The summed E-state index contributed by atoms with van der Waals surface area (Å²) in [6.45, 7) is -0.465. The van der Waals surface area contributed by atoms with E-state index in [-0.39, 0.29) is 12.0 Å². The summed E-state index contributed by atoms with van der Waals surface area (Å²) < 4.78 is 45.4. The summed E-state index contributed by atoms with van der Waals surface area (Å²) >= 11 is 0. The molecule has 1 atom stereocenters. The number of nitrogens with two attached hydrogens (primary N) is 1. The lowest BCUT2D eigenvalue weighted by Gasteiger charge is -2.30. The van der Waals surface area contributed by atoms with Crippen molar-refractivity contribution in [3.63, 3.8) is 0 Å². The van der Waals surface area contributed by atoms with E-state index in [1.807, 2.05) is 48.5 Å². The molecule has 0 spiro atoms. The Hall–Kier alpha value is -3.32. The highest BCUT2D eigenvalue weighted by Gasteiger charge is 2.42. The molecule has 0 saturated carbocycles. The van der Waals surface area contributed by atoms with Gasteiger partial charge < -0.3 is 15.6 Å². The quantitative estimate of drug-likeness (QED) is 0.532. The van der Waals surface area contributed by atoms with Gasteiger partial charge in [-0.1, -0.05) is 54.6 Å². The number of carbonyl (C=O) groups is 1. The Morgan fingerprint density at radius 2 is 1.70 bits per heavy atom. The molecule has 0 fully saturated rings. The van der Waals surface area contributed by atoms with E-state index in [2.05, 4.69) is 0 Å². The minimum atomic E-state index is -4.49. The van der Waals surface area contributed by atoms with Crippen LogP contribution in [0.15, 0.2) is 66.7 Å². The highest BCUT2D eigenvalue weighted by Crippen LogP contribution is 2.43. The fourth-order valence-corrected chi connectivity index (χ4v) is 4.68. The standard InChI is InChI=1S/C26H24F3NO3/c27-26(28,29)22-13-19(11-20(14-22)16-31)10-18-6-7-23-21(12-18)8-9-25(23,33-24(30)32)15-17-4-2-1-3-5-17/h1-7,11-14,31H,8-10,15-16H2,(H2,30,32).